The normalized spacial score (nSPS) is 28.2. The van der Waals surface area contributed by atoms with Gasteiger partial charge in [-0.25, -0.2) is 0 Å². The van der Waals surface area contributed by atoms with Crippen LogP contribution in [-0.4, -0.2) is 18.3 Å². The average Bonchev–Trinajstić information content (AvgIpc) is 2.17. The van der Waals surface area contributed by atoms with Gasteiger partial charge in [-0.05, 0) is 37.3 Å². The Morgan fingerprint density at radius 2 is 1.62 bits per heavy atom. The smallest absolute Gasteiger partial charge is 0.308 e. The van der Waals surface area contributed by atoms with Gasteiger partial charge >= 0.3 is 5.97 Å². The fourth-order valence-electron chi connectivity index (χ4n) is 1.72. The molecule has 0 aliphatic heterocycles. The topological polar surface area (TPSA) is 43.4 Å². The molecule has 74 valence electrons. The molecule has 0 amide bonds. The first kappa shape index (κ1) is 10.5. The number of carbonyl (C=O) groups excluding carboxylic acids is 2. The highest BCUT2D eigenvalue weighted by Crippen LogP contribution is 2.30. The second kappa shape index (κ2) is 4.61. The van der Waals surface area contributed by atoms with Gasteiger partial charge in [0.25, 0.3) is 0 Å². The summed E-state index contributed by atoms with van der Waals surface area (Å²) in [6, 6.07) is 0. The lowest BCUT2D eigenvalue weighted by Crippen LogP contribution is -2.24. The lowest BCUT2D eigenvalue weighted by molar-refractivity contribution is -0.147. The highest BCUT2D eigenvalue weighted by Gasteiger charge is 2.29. The Balaban J connectivity index is 2.39. The number of rotatable bonds is 2. The number of esters is 1. The molecule has 0 radical (unpaired) electrons. The van der Waals surface area contributed by atoms with Crippen molar-refractivity contribution < 1.29 is 14.3 Å². The van der Waals surface area contributed by atoms with Gasteiger partial charge in [-0.15, -0.1) is 0 Å². The molecule has 0 aromatic carbocycles. The maximum absolute atomic E-state index is 11.1. The van der Waals surface area contributed by atoms with Crippen LogP contribution in [0.2, 0.25) is 0 Å². The molecule has 0 N–H and O–H groups in total. The summed E-state index contributed by atoms with van der Waals surface area (Å²) < 4.78 is 4.63. The van der Waals surface area contributed by atoms with Crippen LogP contribution in [0.15, 0.2) is 0 Å². The van der Waals surface area contributed by atoms with Gasteiger partial charge in [0.2, 0.25) is 5.24 Å². The zero-order valence-corrected chi connectivity index (χ0v) is 8.34. The van der Waals surface area contributed by atoms with Crippen molar-refractivity contribution >= 4 is 22.8 Å². The summed E-state index contributed by atoms with van der Waals surface area (Å²) in [6.45, 7) is 0. The van der Waals surface area contributed by atoms with Crippen molar-refractivity contribution in [1.82, 2.24) is 0 Å². The molecular formula is C9H13ClO3. The van der Waals surface area contributed by atoms with Gasteiger partial charge in [0.1, 0.15) is 0 Å². The van der Waals surface area contributed by atoms with E-state index < -0.39 is 0 Å². The van der Waals surface area contributed by atoms with Gasteiger partial charge in [0, 0.05) is 5.92 Å². The molecule has 0 heterocycles. The van der Waals surface area contributed by atoms with Gasteiger partial charge in [0.15, 0.2) is 0 Å². The third-order valence-electron chi connectivity index (χ3n) is 2.58. The lowest BCUT2D eigenvalue weighted by atomic mass is 9.83. The maximum Gasteiger partial charge on any atom is 0.308 e. The van der Waals surface area contributed by atoms with Crippen LogP contribution < -0.4 is 0 Å². The van der Waals surface area contributed by atoms with E-state index in [-0.39, 0.29) is 23.0 Å². The summed E-state index contributed by atoms with van der Waals surface area (Å²) in [4.78, 5) is 21.9. The molecule has 1 aliphatic carbocycles. The quantitative estimate of drug-likeness (QED) is 0.508. The van der Waals surface area contributed by atoms with Gasteiger partial charge < -0.3 is 4.74 Å². The van der Waals surface area contributed by atoms with E-state index in [1.165, 1.54) is 7.11 Å². The highest BCUT2D eigenvalue weighted by molar-refractivity contribution is 6.63. The molecule has 0 bridgehead atoms. The van der Waals surface area contributed by atoms with E-state index in [0.29, 0.717) is 12.8 Å². The van der Waals surface area contributed by atoms with E-state index in [1.54, 1.807) is 0 Å². The molecule has 0 spiro atoms. The van der Waals surface area contributed by atoms with Gasteiger partial charge in [-0.3, -0.25) is 9.59 Å². The van der Waals surface area contributed by atoms with E-state index in [1.807, 2.05) is 0 Å². The van der Waals surface area contributed by atoms with Gasteiger partial charge in [0.05, 0.1) is 13.0 Å². The number of carbonyl (C=O) groups is 2. The van der Waals surface area contributed by atoms with E-state index in [0.717, 1.165) is 12.8 Å². The predicted octanol–water partition coefficient (Wildman–Crippen LogP) is 1.73. The van der Waals surface area contributed by atoms with Crippen molar-refractivity contribution in [2.45, 2.75) is 25.7 Å². The Labute approximate surface area is 82.4 Å². The molecule has 3 nitrogen and oxygen atoms in total. The molecule has 0 aromatic heterocycles. The number of methoxy groups -OCH3 is 1. The fraction of sp³-hybridized carbons (Fsp3) is 0.778. The predicted molar refractivity (Wildman–Crippen MR) is 48.3 cm³/mol. The van der Waals surface area contributed by atoms with Crippen LogP contribution in [0.1, 0.15) is 25.7 Å². The van der Waals surface area contributed by atoms with Crippen molar-refractivity contribution in [2.75, 3.05) is 7.11 Å². The Hall–Kier alpha value is -0.570. The summed E-state index contributed by atoms with van der Waals surface area (Å²) in [5, 5.41) is -0.275. The van der Waals surface area contributed by atoms with Gasteiger partial charge in [-0.2, -0.15) is 0 Å². The molecule has 0 unspecified atom stereocenters. The van der Waals surface area contributed by atoms with Crippen molar-refractivity contribution in [1.29, 1.82) is 0 Å². The first-order valence-electron chi connectivity index (χ1n) is 4.42. The molecule has 0 aromatic rings. The maximum atomic E-state index is 11.1. The molecule has 1 aliphatic rings. The Bertz CT molecular complexity index is 207. The van der Waals surface area contributed by atoms with E-state index in [4.69, 9.17) is 11.6 Å². The molecule has 4 heteroatoms. The largest absolute Gasteiger partial charge is 0.469 e. The van der Waals surface area contributed by atoms with Crippen molar-refractivity contribution in [3.05, 3.63) is 0 Å². The zero-order valence-electron chi connectivity index (χ0n) is 7.59. The Morgan fingerprint density at radius 1 is 1.15 bits per heavy atom. The van der Waals surface area contributed by atoms with Crippen LogP contribution in [-0.2, 0) is 14.3 Å². The summed E-state index contributed by atoms with van der Waals surface area (Å²) in [6.07, 6.45) is 2.86. The summed E-state index contributed by atoms with van der Waals surface area (Å²) in [7, 11) is 1.39. The van der Waals surface area contributed by atoms with Crippen LogP contribution in [0.4, 0.5) is 0 Å². The minimum absolute atomic E-state index is 0.0303. The number of hydrogen-bond acceptors (Lipinski definition) is 3. The van der Waals surface area contributed by atoms with Crippen molar-refractivity contribution in [3.63, 3.8) is 0 Å². The van der Waals surface area contributed by atoms with Crippen LogP contribution >= 0.6 is 11.6 Å². The number of hydrogen-bond donors (Lipinski definition) is 0. The van der Waals surface area contributed by atoms with E-state index >= 15 is 0 Å². The number of ether oxygens (including phenoxy) is 1. The highest BCUT2D eigenvalue weighted by atomic mass is 35.5. The fourth-order valence-corrected chi connectivity index (χ4v) is 1.94. The second-order valence-corrected chi connectivity index (χ2v) is 3.75. The molecule has 0 atom stereocenters. The monoisotopic (exact) mass is 204 g/mol. The summed E-state index contributed by atoms with van der Waals surface area (Å²) in [5.74, 6) is -0.250. The molecular weight excluding hydrogens is 192 g/mol. The lowest BCUT2D eigenvalue weighted by Gasteiger charge is -2.24. The first-order valence-corrected chi connectivity index (χ1v) is 4.80. The summed E-state index contributed by atoms with van der Waals surface area (Å²) >= 11 is 5.36. The molecule has 1 fully saturated rings. The van der Waals surface area contributed by atoms with Crippen molar-refractivity contribution in [2.24, 2.45) is 11.8 Å². The van der Waals surface area contributed by atoms with Crippen molar-refractivity contribution in [3.8, 4) is 0 Å². The molecule has 1 rings (SSSR count). The van der Waals surface area contributed by atoms with Crippen LogP contribution in [0, 0.1) is 11.8 Å². The Morgan fingerprint density at radius 3 is 2.00 bits per heavy atom. The van der Waals surface area contributed by atoms with Crippen LogP contribution in [0.25, 0.3) is 0 Å². The standard InChI is InChI=1S/C9H13ClO3/c1-13-9(12)7-4-2-6(3-5-7)8(10)11/h6-7H,2-5H2,1H3/t6-,7+. The second-order valence-electron chi connectivity index (χ2n) is 3.38. The molecule has 1 saturated carbocycles. The zero-order chi connectivity index (χ0) is 9.84. The SMILES string of the molecule is COC(=O)[C@H]1CC[C@@H](C(=O)Cl)CC1. The van der Waals surface area contributed by atoms with Gasteiger partial charge in [-0.1, -0.05) is 0 Å². The van der Waals surface area contributed by atoms with E-state index in [9.17, 15) is 9.59 Å². The molecule has 0 saturated heterocycles. The number of halogens is 1. The third-order valence-corrected chi connectivity index (χ3v) is 2.89. The minimum atomic E-state index is -0.275. The Kier molecular flexibility index (Phi) is 3.72. The minimum Gasteiger partial charge on any atom is -0.469 e. The average molecular weight is 205 g/mol. The first-order chi connectivity index (χ1) is 6.15. The van der Waals surface area contributed by atoms with Crippen LogP contribution in [0.3, 0.4) is 0 Å². The van der Waals surface area contributed by atoms with Crippen LogP contribution in [0.5, 0.6) is 0 Å². The summed E-state index contributed by atoms with van der Waals surface area (Å²) in [5.41, 5.74) is 0. The molecule has 13 heavy (non-hydrogen) atoms. The van der Waals surface area contributed by atoms with E-state index in [2.05, 4.69) is 4.74 Å². The third kappa shape index (κ3) is 2.69.